The Morgan fingerprint density at radius 2 is 1.79 bits per heavy atom. The number of pyridine rings is 1. The average Bonchev–Trinajstić information content (AvgIpc) is 3.49. The van der Waals surface area contributed by atoms with Gasteiger partial charge in [0.25, 0.3) is 11.6 Å². The maximum atomic E-state index is 12.8. The van der Waals surface area contributed by atoms with Crippen LogP contribution in [-0.4, -0.2) is 35.2 Å². The van der Waals surface area contributed by atoms with Gasteiger partial charge in [-0.1, -0.05) is 41.1 Å². The number of non-ortho nitro benzene ring substituents is 1. The molecule has 3 aromatic heterocycles. The van der Waals surface area contributed by atoms with Gasteiger partial charge in [-0.2, -0.15) is 0 Å². The molecule has 12 heteroatoms. The lowest BCUT2D eigenvalue weighted by atomic mass is 10.2. The number of halogens is 1. The van der Waals surface area contributed by atoms with Crippen molar-refractivity contribution in [3.05, 3.63) is 116 Å². The summed E-state index contributed by atoms with van der Waals surface area (Å²) >= 11 is 6.09. The van der Waals surface area contributed by atoms with Gasteiger partial charge >= 0.3 is 0 Å². The van der Waals surface area contributed by atoms with E-state index in [4.69, 9.17) is 16.3 Å². The minimum absolute atomic E-state index is 0.0437. The van der Waals surface area contributed by atoms with Crippen molar-refractivity contribution in [3.8, 4) is 5.75 Å². The zero-order valence-corrected chi connectivity index (χ0v) is 21.0. The Kier molecular flexibility index (Phi) is 7.00. The molecule has 0 saturated carbocycles. The number of amides is 1. The van der Waals surface area contributed by atoms with Crippen LogP contribution in [0.2, 0.25) is 5.02 Å². The van der Waals surface area contributed by atoms with E-state index in [1.165, 1.54) is 12.1 Å². The Bertz CT molecular complexity index is 1610. The summed E-state index contributed by atoms with van der Waals surface area (Å²) < 4.78 is 9.14. The number of ether oxygens (including phenoxy) is 1. The van der Waals surface area contributed by atoms with Gasteiger partial charge in [-0.15, -0.1) is 5.10 Å². The van der Waals surface area contributed by atoms with Crippen molar-refractivity contribution in [1.82, 2.24) is 29.7 Å². The van der Waals surface area contributed by atoms with Gasteiger partial charge < -0.3 is 10.1 Å². The van der Waals surface area contributed by atoms with Crippen LogP contribution in [0.3, 0.4) is 0 Å². The molecule has 0 fully saturated rings. The highest BCUT2D eigenvalue weighted by Gasteiger charge is 2.16. The third-order valence-corrected chi connectivity index (χ3v) is 6.04. The number of aryl methyl sites for hydroxylation is 1. The number of hydrogen-bond donors (Lipinski definition) is 1. The normalized spacial score (nSPS) is 11.0. The quantitative estimate of drug-likeness (QED) is 0.221. The van der Waals surface area contributed by atoms with Crippen LogP contribution < -0.4 is 10.1 Å². The Hall–Kier alpha value is -4.77. The molecule has 5 aromatic rings. The van der Waals surface area contributed by atoms with E-state index in [-0.39, 0.29) is 18.2 Å². The average molecular weight is 532 g/mol. The predicted molar refractivity (Wildman–Crippen MR) is 139 cm³/mol. The van der Waals surface area contributed by atoms with Gasteiger partial charge in [0.15, 0.2) is 0 Å². The van der Waals surface area contributed by atoms with Crippen molar-refractivity contribution in [1.29, 1.82) is 0 Å². The summed E-state index contributed by atoms with van der Waals surface area (Å²) in [6.07, 6.45) is 3.44. The smallest absolute Gasteiger partial charge is 0.270 e. The van der Waals surface area contributed by atoms with Gasteiger partial charge in [0.05, 0.1) is 28.4 Å². The van der Waals surface area contributed by atoms with Crippen LogP contribution in [-0.2, 0) is 19.7 Å². The maximum Gasteiger partial charge on any atom is 0.270 e. The Morgan fingerprint density at radius 3 is 2.53 bits per heavy atom. The molecule has 0 aliphatic heterocycles. The molecule has 0 aliphatic carbocycles. The third kappa shape index (κ3) is 5.62. The van der Waals surface area contributed by atoms with E-state index in [2.05, 4.69) is 20.6 Å². The zero-order valence-electron chi connectivity index (χ0n) is 20.2. The fourth-order valence-corrected chi connectivity index (χ4v) is 4.09. The van der Waals surface area contributed by atoms with Crippen LogP contribution in [0.5, 0.6) is 5.75 Å². The second-order valence-electron chi connectivity index (χ2n) is 8.57. The molecule has 0 aliphatic rings. The van der Waals surface area contributed by atoms with Crippen LogP contribution >= 0.6 is 11.6 Å². The fourth-order valence-electron chi connectivity index (χ4n) is 3.93. The molecule has 0 radical (unpaired) electrons. The van der Waals surface area contributed by atoms with Gasteiger partial charge in [-0.3, -0.25) is 19.3 Å². The largest absolute Gasteiger partial charge is 0.487 e. The Balaban J connectivity index is 1.13. The number of hydrogen-bond acceptors (Lipinski definition) is 7. The van der Waals surface area contributed by atoms with E-state index in [1.54, 1.807) is 52.7 Å². The number of aromatic nitrogens is 5. The van der Waals surface area contributed by atoms with Crippen molar-refractivity contribution in [2.45, 2.75) is 26.6 Å². The first kappa shape index (κ1) is 24.9. The molecule has 0 saturated heterocycles. The second-order valence-corrected chi connectivity index (χ2v) is 9.00. The molecule has 0 bridgehead atoms. The number of benzene rings is 2. The third-order valence-electron chi connectivity index (χ3n) is 5.81. The standard InChI is InChI=1S/C26H22ClN7O4/c1-17-25(33-14-20(27)6-11-24(33)29-17)26(35)28-12-18-4-9-23(10-5-18)38-16-21-15-32(31-30-21)13-19-2-7-22(8-3-19)34(36)37/h2-11,14-15H,12-13,16H2,1H3,(H,28,35). The van der Waals surface area contributed by atoms with Gasteiger partial charge in [-0.25, -0.2) is 9.67 Å². The molecule has 5 rings (SSSR count). The Morgan fingerprint density at radius 1 is 1.05 bits per heavy atom. The SMILES string of the molecule is Cc1nc2ccc(Cl)cn2c1C(=O)NCc1ccc(OCc2cn(Cc3ccc([N+](=O)[O-])cc3)nn2)cc1. The number of carbonyl (C=O) groups excluding carboxylic acids is 1. The minimum atomic E-state index is -0.433. The van der Waals surface area contributed by atoms with Gasteiger partial charge in [0.2, 0.25) is 0 Å². The summed E-state index contributed by atoms with van der Waals surface area (Å²) in [4.78, 5) is 27.6. The maximum absolute atomic E-state index is 12.8. The van der Waals surface area contributed by atoms with Crippen LogP contribution in [0, 0.1) is 17.0 Å². The van der Waals surface area contributed by atoms with E-state index >= 15 is 0 Å². The molecular formula is C26H22ClN7O4. The van der Waals surface area contributed by atoms with Crippen LogP contribution in [0.4, 0.5) is 5.69 Å². The second kappa shape index (κ2) is 10.7. The summed E-state index contributed by atoms with van der Waals surface area (Å²) in [6.45, 7) is 2.79. The molecule has 0 atom stereocenters. The first-order valence-electron chi connectivity index (χ1n) is 11.6. The monoisotopic (exact) mass is 531 g/mol. The highest BCUT2D eigenvalue weighted by molar-refractivity contribution is 6.30. The first-order valence-corrected chi connectivity index (χ1v) is 12.0. The summed E-state index contributed by atoms with van der Waals surface area (Å²) in [6, 6.07) is 17.2. The number of fused-ring (bicyclic) bond motifs is 1. The molecule has 0 unspecified atom stereocenters. The number of carbonyl (C=O) groups is 1. The number of rotatable bonds is 9. The van der Waals surface area contributed by atoms with Crippen molar-refractivity contribution in [3.63, 3.8) is 0 Å². The molecule has 1 N–H and O–H groups in total. The van der Waals surface area contributed by atoms with E-state index in [9.17, 15) is 14.9 Å². The van der Waals surface area contributed by atoms with Crippen LogP contribution in [0.15, 0.2) is 73.1 Å². The summed E-state index contributed by atoms with van der Waals surface area (Å²) in [7, 11) is 0. The number of nitrogens with one attached hydrogen (secondary N) is 1. The van der Waals surface area contributed by atoms with E-state index in [0.29, 0.717) is 46.6 Å². The predicted octanol–water partition coefficient (Wildman–Crippen LogP) is 4.35. The number of nitro benzene ring substituents is 1. The molecule has 11 nitrogen and oxygen atoms in total. The molecular weight excluding hydrogens is 510 g/mol. The molecule has 192 valence electrons. The first-order chi connectivity index (χ1) is 18.4. The molecule has 2 aromatic carbocycles. The van der Waals surface area contributed by atoms with Gasteiger partial charge in [0, 0.05) is 24.9 Å². The lowest BCUT2D eigenvalue weighted by Crippen LogP contribution is -2.25. The fraction of sp³-hybridized carbons (Fsp3) is 0.154. The molecule has 3 heterocycles. The van der Waals surface area contributed by atoms with Gasteiger partial charge in [0.1, 0.15) is 29.4 Å². The summed E-state index contributed by atoms with van der Waals surface area (Å²) in [5.41, 5.74) is 4.20. The van der Waals surface area contributed by atoms with E-state index < -0.39 is 4.92 Å². The minimum Gasteiger partial charge on any atom is -0.487 e. The molecule has 38 heavy (non-hydrogen) atoms. The van der Waals surface area contributed by atoms with Gasteiger partial charge in [-0.05, 0) is 42.3 Å². The summed E-state index contributed by atoms with van der Waals surface area (Å²) in [5, 5.41) is 22.4. The van der Waals surface area contributed by atoms with Crippen molar-refractivity contribution >= 4 is 28.8 Å². The summed E-state index contributed by atoms with van der Waals surface area (Å²) in [5.74, 6) is 0.409. The van der Waals surface area contributed by atoms with Crippen LogP contribution in [0.25, 0.3) is 5.65 Å². The lowest BCUT2D eigenvalue weighted by molar-refractivity contribution is -0.384. The lowest BCUT2D eigenvalue weighted by Gasteiger charge is -2.08. The number of nitro groups is 1. The van der Waals surface area contributed by atoms with Crippen molar-refractivity contribution in [2.24, 2.45) is 0 Å². The van der Waals surface area contributed by atoms with E-state index in [1.807, 2.05) is 24.3 Å². The van der Waals surface area contributed by atoms with Crippen molar-refractivity contribution in [2.75, 3.05) is 0 Å². The van der Waals surface area contributed by atoms with E-state index in [0.717, 1.165) is 11.1 Å². The zero-order chi connectivity index (χ0) is 26.6. The highest BCUT2D eigenvalue weighted by atomic mass is 35.5. The molecule has 1 amide bonds. The topological polar surface area (TPSA) is 129 Å². The number of nitrogens with zero attached hydrogens (tertiary/aromatic N) is 6. The van der Waals surface area contributed by atoms with Crippen molar-refractivity contribution < 1.29 is 14.5 Å². The molecule has 0 spiro atoms. The number of imidazole rings is 1. The highest BCUT2D eigenvalue weighted by Crippen LogP contribution is 2.18. The van der Waals surface area contributed by atoms with Crippen LogP contribution in [0.1, 0.15) is 33.0 Å². The Labute approximate surface area is 221 Å².